The Hall–Kier alpha value is -1.42. The summed E-state index contributed by atoms with van der Waals surface area (Å²) in [6, 6.07) is 10.7. The molecule has 2 aromatic carbocycles. The topological polar surface area (TPSA) is 44.5 Å². The maximum absolute atomic E-state index is 6.25. The Kier molecular flexibility index (Phi) is 4.76. The molecule has 0 spiro atoms. The predicted molar refractivity (Wildman–Crippen MR) is 82.0 cm³/mol. The second-order valence-corrected chi connectivity index (χ2v) is 5.11. The Morgan fingerprint density at radius 3 is 2.15 bits per heavy atom. The Morgan fingerprint density at radius 2 is 1.60 bits per heavy atom. The fraction of sp³-hybridized carbons (Fsp3) is 0.200. The fourth-order valence-electron chi connectivity index (χ4n) is 1.98. The summed E-state index contributed by atoms with van der Waals surface area (Å²) < 4.78 is 10.5. The van der Waals surface area contributed by atoms with Crippen molar-refractivity contribution in [3.05, 3.63) is 57.6 Å². The van der Waals surface area contributed by atoms with E-state index in [1.54, 1.807) is 32.4 Å². The van der Waals surface area contributed by atoms with Crippen molar-refractivity contribution in [3.8, 4) is 11.5 Å². The monoisotopic (exact) mass is 311 g/mol. The molecule has 0 aliphatic rings. The number of hydrogen-bond donors (Lipinski definition) is 1. The van der Waals surface area contributed by atoms with Crippen LogP contribution in [0.3, 0.4) is 0 Å². The molecule has 2 aromatic rings. The third-order valence-electron chi connectivity index (χ3n) is 3.04. The van der Waals surface area contributed by atoms with E-state index in [9.17, 15) is 0 Å². The SMILES string of the molecule is COc1cc(C(N)c2ccc(Cl)cc2)cc(Cl)c1OC. The standard InChI is InChI=1S/C15H15Cl2NO2/c1-19-13-8-10(7-12(17)15(13)20-2)14(18)9-3-5-11(16)6-4-9/h3-8,14H,18H2,1-2H3. The lowest BCUT2D eigenvalue weighted by molar-refractivity contribution is 0.354. The lowest BCUT2D eigenvalue weighted by atomic mass is 9.99. The summed E-state index contributed by atoms with van der Waals surface area (Å²) in [5, 5.41) is 1.14. The third-order valence-corrected chi connectivity index (χ3v) is 3.58. The summed E-state index contributed by atoms with van der Waals surface area (Å²) >= 11 is 12.1. The molecule has 1 unspecified atom stereocenters. The molecule has 3 nitrogen and oxygen atoms in total. The number of halogens is 2. The fourth-order valence-corrected chi connectivity index (χ4v) is 2.40. The molecule has 0 saturated carbocycles. The summed E-state index contributed by atoms with van der Waals surface area (Å²) in [6.45, 7) is 0. The van der Waals surface area contributed by atoms with Crippen LogP contribution >= 0.6 is 23.2 Å². The van der Waals surface area contributed by atoms with Gasteiger partial charge in [0, 0.05) is 5.02 Å². The normalized spacial score (nSPS) is 12.1. The van der Waals surface area contributed by atoms with Gasteiger partial charge in [-0.25, -0.2) is 0 Å². The van der Waals surface area contributed by atoms with Crippen molar-refractivity contribution in [1.82, 2.24) is 0 Å². The van der Waals surface area contributed by atoms with Crippen molar-refractivity contribution in [2.45, 2.75) is 6.04 Å². The smallest absolute Gasteiger partial charge is 0.179 e. The Morgan fingerprint density at radius 1 is 0.950 bits per heavy atom. The summed E-state index contributed by atoms with van der Waals surface area (Å²) in [6.07, 6.45) is 0. The van der Waals surface area contributed by atoms with E-state index in [2.05, 4.69) is 0 Å². The summed E-state index contributed by atoms with van der Waals surface area (Å²) in [4.78, 5) is 0. The molecule has 0 aliphatic heterocycles. The first-order valence-electron chi connectivity index (χ1n) is 5.99. The van der Waals surface area contributed by atoms with Crippen molar-refractivity contribution in [2.75, 3.05) is 14.2 Å². The zero-order chi connectivity index (χ0) is 14.7. The van der Waals surface area contributed by atoms with Crippen LogP contribution in [0.15, 0.2) is 36.4 Å². The first-order valence-corrected chi connectivity index (χ1v) is 6.75. The summed E-state index contributed by atoms with van der Waals surface area (Å²) in [7, 11) is 3.11. The highest BCUT2D eigenvalue weighted by molar-refractivity contribution is 6.32. The van der Waals surface area contributed by atoms with E-state index in [1.165, 1.54) is 0 Å². The molecule has 106 valence electrons. The number of methoxy groups -OCH3 is 2. The van der Waals surface area contributed by atoms with Gasteiger partial charge >= 0.3 is 0 Å². The summed E-state index contributed by atoms with van der Waals surface area (Å²) in [5.41, 5.74) is 8.04. The Labute approximate surface area is 128 Å². The summed E-state index contributed by atoms with van der Waals surface area (Å²) in [5.74, 6) is 1.06. The van der Waals surface area contributed by atoms with Crippen molar-refractivity contribution < 1.29 is 9.47 Å². The number of ether oxygens (including phenoxy) is 2. The molecule has 20 heavy (non-hydrogen) atoms. The second-order valence-electron chi connectivity index (χ2n) is 4.27. The van der Waals surface area contributed by atoms with E-state index in [4.69, 9.17) is 38.4 Å². The van der Waals surface area contributed by atoms with Gasteiger partial charge in [0.25, 0.3) is 0 Å². The van der Waals surface area contributed by atoms with Crippen LogP contribution < -0.4 is 15.2 Å². The van der Waals surface area contributed by atoms with Crippen molar-refractivity contribution in [3.63, 3.8) is 0 Å². The first kappa shape index (κ1) is 15.0. The predicted octanol–water partition coefficient (Wildman–Crippen LogP) is 4.06. The first-order chi connectivity index (χ1) is 9.56. The van der Waals surface area contributed by atoms with Crippen LogP contribution in [0.25, 0.3) is 0 Å². The number of hydrogen-bond acceptors (Lipinski definition) is 3. The minimum absolute atomic E-state index is 0.315. The van der Waals surface area contributed by atoms with Gasteiger partial charge in [0.05, 0.1) is 25.3 Å². The second kappa shape index (κ2) is 6.35. The lowest BCUT2D eigenvalue weighted by Gasteiger charge is -2.16. The molecule has 0 fully saturated rings. The van der Waals surface area contributed by atoms with Crippen LogP contribution in [0.1, 0.15) is 17.2 Å². The molecular weight excluding hydrogens is 297 g/mol. The molecule has 5 heteroatoms. The number of benzene rings is 2. The molecule has 0 bridgehead atoms. The lowest BCUT2D eigenvalue weighted by Crippen LogP contribution is -2.12. The van der Waals surface area contributed by atoms with Crippen LogP contribution in [-0.2, 0) is 0 Å². The average Bonchev–Trinajstić information content (AvgIpc) is 2.46. The van der Waals surface area contributed by atoms with Gasteiger partial charge in [0.15, 0.2) is 11.5 Å². The minimum Gasteiger partial charge on any atom is -0.493 e. The van der Waals surface area contributed by atoms with E-state index in [0.717, 1.165) is 11.1 Å². The van der Waals surface area contributed by atoms with E-state index in [1.807, 2.05) is 18.2 Å². The van der Waals surface area contributed by atoms with E-state index in [-0.39, 0.29) is 6.04 Å². The molecule has 0 heterocycles. The van der Waals surface area contributed by atoms with Gasteiger partial charge < -0.3 is 15.2 Å². The number of rotatable bonds is 4. The number of nitrogens with two attached hydrogens (primary N) is 1. The largest absolute Gasteiger partial charge is 0.493 e. The van der Waals surface area contributed by atoms with Gasteiger partial charge in [-0.1, -0.05) is 35.3 Å². The van der Waals surface area contributed by atoms with Crippen LogP contribution in [0.2, 0.25) is 10.0 Å². The van der Waals surface area contributed by atoms with Gasteiger partial charge in [-0.05, 0) is 35.4 Å². The molecule has 0 amide bonds. The highest BCUT2D eigenvalue weighted by Gasteiger charge is 2.16. The molecular formula is C15H15Cl2NO2. The van der Waals surface area contributed by atoms with E-state index in [0.29, 0.717) is 21.5 Å². The van der Waals surface area contributed by atoms with Gasteiger partial charge in [-0.3, -0.25) is 0 Å². The minimum atomic E-state index is -0.315. The van der Waals surface area contributed by atoms with Gasteiger partial charge in [-0.15, -0.1) is 0 Å². The zero-order valence-electron chi connectivity index (χ0n) is 11.2. The molecule has 0 saturated heterocycles. The molecule has 0 radical (unpaired) electrons. The Bertz CT molecular complexity index is 600. The quantitative estimate of drug-likeness (QED) is 0.926. The van der Waals surface area contributed by atoms with Crippen LogP contribution in [-0.4, -0.2) is 14.2 Å². The van der Waals surface area contributed by atoms with E-state index >= 15 is 0 Å². The molecule has 1 atom stereocenters. The van der Waals surface area contributed by atoms with Crippen molar-refractivity contribution in [1.29, 1.82) is 0 Å². The van der Waals surface area contributed by atoms with Crippen molar-refractivity contribution in [2.24, 2.45) is 5.73 Å². The Balaban J connectivity index is 2.42. The van der Waals surface area contributed by atoms with Gasteiger partial charge in [0.2, 0.25) is 0 Å². The van der Waals surface area contributed by atoms with Gasteiger partial charge in [-0.2, -0.15) is 0 Å². The molecule has 0 aliphatic carbocycles. The maximum atomic E-state index is 6.25. The van der Waals surface area contributed by atoms with Crippen LogP contribution in [0.5, 0.6) is 11.5 Å². The van der Waals surface area contributed by atoms with Crippen LogP contribution in [0, 0.1) is 0 Å². The van der Waals surface area contributed by atoms with Gasteiger partial charge in [0.1, 0.15) is 0 Å². The van der Waals surface area contributed by atoms with Crippen LogP contribution in [0.4, 0.5) is 0 Å². The van der Waals surface area contributed by atoms with Crippen molar-refractivity contribution >= 4 is 23.2 Å². The average molecular weight is 312 g/mol. The molecule has 2 rings (SSSR count). The third kappa shape index (κ3) is 3.01. The highest BCUT2D eigenvalue weighted by atomic mass is 35.5. The highest BCUT2D eigenvalue weighted by Crippen LogP contribution is 2.38. The maximum Gasteiger partial charge on any atom is 0.179 e. The zero-order valence-corrected chi connectivity index (χ0v) is 12.7. The molecule has 2 N–H and O–H groups in total. The molecule has 0 aromatic heterocycles. The van der Waals surface area contributed by atoms with E-state index < -0.39 is 0 Å².